The number of aromatic nitrogens is 2. The monoisotopic (exact) mass is 380 g/mol. The lowest BCUT2D eigenvalue weighted by Gasteiger charge is -2.18. The molecule has 0 radical (unpaired) electrons. The van der Waals surface area contributed by atoms with Gasteiger partial charge in [-0.05, 0) is 30.0 Å². The van der Waals surface area contributed by atoms with Crippen molar-refractivity contribution < 1.29 is 13.9 Å². The number of halogens is 1. The van der Waals surface area contributed by atoms with E-state index in [0.717, 1.165) is 5.39 Å². The van der Waals surface area contributed by atoms with Gasteiger partial charge in [0.2, 0.25) is 5.88 Å². The number of alkyl halides is 1. The number of carbonyl (C=O) groups excluding carboxylic acids is 1. The van der Waals surface area contributed by atoms with Gasteiger partial charge in [0.1, 0.15) is 12.7 Å². The van der Waals surface area contributed by atoms with Crippen LogP contribution < -0.4 is 15.6 Å². The number of amides is 1. The first kappa shape index (κ1) is 17.9. The van der Waals surface area contributed by atoms with Gasteiger partial charge in [0.15, 0.2) is 6.17 Å². The largest absolute Gasteiger partial charge is 0.475 e. The van der Waals surface area contributed by atoms with E-state index in [1.807, 2.05) is 6.92 Å². The van der Waals surface area contributed by atoms with Crippen LogP contribution in [0.5, 0.6) is 5.88 Å². The average molecular weight is 380 g/mol. The Morgan fingerprint density at radius 2 is 2.11 bits per heavy atom. The Balaban J connectivity index is 1.73. The number of nitriles is 1. The molecule has 3 heterocycles. The third kappa shape index (κ3) is 2.85. The van der Waals surface area contributed by atoms with E-state index in [1.54, 1.807) is 24.4 Å². The summed E-state index contributed by atoms with van der Waals surface area (Å²) in [5.41, 5.74) is 0.0456. The summed E-state index contributed by atoms with van der Waals surface area (Å²) in [5, 5.41) is 14.2. The van der Waals surface area contributed by atoms with Crippen molar-refractivity contribution in [3.8, 4) is 11.9 Å². The Kier molecular flexibility index (Phi) is 4.43. The number of hydrogen-bond donors (Lipinski definition) is 2. The van der Waals surface area contributed by atoms with E-state index in [0.29, 0.717) is 34.0 Å². The molecule has 0 aliphatic carbocycles. The number of nitrogens with zero attached hydrogens (tertiary/aromatic N) is 2. The highest BCUT2D eigenvalue weighted by Gasteiger charge is 2.41. The minimum Gasteiger partial charge on any atom is -0.475 e. The molecular weight excluding hydrogens is 363 g/mol. The standard InChI is InChI=1S/C20H17FN4O3/c1-2-12-16(25-19(27)17(12)21)9-28-20-14-6-13-11(7-22)8-24-18(26)15(13)5-10(14)3-4-23-20/h3-6,8,12,16-17H,2,9H2,1H3,(H,24,26)(H,25,27)/t12-,16+,17-/m0/s1. The van der Waals surface area contributed by atoms with E-state index in [2.05, 4.69) is 21.4 Å². The highest BCUT2D eigenvalue weighted by Crippen LogP contribution is 2.29. The molecule has 1 amide bonds. The lowest BCUT2D eigenvalue weighted by Crippen LogP contribution is -2.34. The van der Waals surface area contributed by atoms with Crippen molar-refractivity contribution in [2.24, 2.45) is 5.92 Å². The predicted molar refractivity (Wildman–Crippen MR) is 101 cm³/mol. The van der Waals surface area contributed by atoms with Crippen LogP contribution in [0.2, 0.25) is 0 Å². The molecule has 1 saturated heterocycles. The Morgan fingerprint density at radius 3 is 2.86 bits per heavy atom. The van der Waals surface area contributed by atoms with Gasteiger partial charge < -0.3 is 15.0 Å². The van der Waals surface area contributed by atoms with Gasteiger partial charge >= 0.3 is 0 Å². The van der Waals surface area contributed by atoms with Crippen molar-refractivity contribution in [1.82, 2.24) is 15.3 Å². The molecule has 1 aromatic carbocycles. The molecule has 0 saturated carbocycles. The summed E-state index contributed by atoms with van der Waals surface area (Å²) in [4.78, 5) is 30.5. The topological polar surface area (TPSA) is 108 Å². The van der Waals surface area contributed by atoms with E-state index >= 15 is 0 Å². The van der Waals surface area contributed by atoms with Crippen molar-refractivity contribution in [1.29, 1.82) is 5.26 Å². The smallest absolute Gasteiger partial charge is 0.255 e. The molecule has 28 heavy (non-hydrogen) atoms. The molecule has 0 unspecified atom stereocenters. The minimum absolute atomic E-state index is 0.0787. The molecule has 8 heteroatoms. The summed E-state index contributed by atoms with van der Waals surface area (Å²) in [7, 11) is 0. The number of carbonyl (C=O) groups is 1. The van der Waals surface area contributed by atoms with Crippen LogP contribution in [-0.4, -0.2) is 34.7 Å². The van der Waals surface area contributed by atoms with E-state index in [-0.39, 0.29) is 12.2 Å². The number of nitrogens with one attached hydrogen (secondary N) is 2. The molecule has 0 bridgehead atoms. The van der Waals surface area contributed by atoms with Gasteiger partial charge in [-0.2, -0.15) is 5.26 Å². The predicted octanol–water partition coefficient (Wildman–Crippen LogP) is 2.19. The van der Waals surface area contributed by atoms with Crippen LogP contribution in [0.4, 0.5) is 4.39 Å². The SMILES string of the molecule is CC[C@@H]1[C@H](F)C(=O)N[C@@H]1COc1nccc2cc3c(=O)[nH]cc(C#N)c3cc12. The third-order valence-electron chi connectivity index (χ3n) is 5.21. The molecule has 142 valence electrons. The van der Waals surface area contributed by atoms with Crippen LogP contribution in [0.25, 0.3) is 21.5 Å². The normalized spacial score (nSPS) is 21.6. The number of pyridine rings is 2. The summed E-state index contributed by atoms with van der Waals surface area (Å²) in [6, 6.07) is 6.74. The highest BCUT2D eigenvalue weighted by molar-refractivity contribution is 6.01. The van der Waals surface area contributed by atoms with Gasteiger partial charge in [-0.15, -0.1) is 0 Å². The third-order valence-corrected chi connectivity index (χ3v) is 5.21. The van der Waals surface area contributed by atoms with Gasteiger partial charge in [-0.3, -0.25) is 9.59 Å². The number of ether oxygens (including phenoxy) is 1. The van der Waals surface area contributed by atoms with Crippen LogP contribution in [-0.2, 0) is 4.79 Å². The van der Waals surface area contributed by atoms with Crippen molar-refractivity contribution in [3.05, 3.63) is 46.5 Å². The van der Waals surface area contributed by atoms with Gasteiger partial charge in [-0.1, -0.05) is 6.92 Å². The maximum atomic E-state index is 14.0. The summed E-state index contributed by atoms with van der Waals surface area (Å²) in [6.07, 6.45) is 1.90. The lowest BCUT2D eigenvalue weighted by atomic mass is 9.97. The van der Waals surface area contributed by atoms with Crippen LogP contribution in [0.3, 0.4) is 0 Å². The van der Waals surface area contributed by atoms with Crippen molar-refractivity contribution in [3.63, 3.8) is 0 Å². The van der Waals surface area contributed by atoms with Gasteiger partial charge in [-0.25, -0.2) is 9.37 Å². The van der Waals surface area contributed by atoms with Gasteiger partial charge in [0, 0.05) is 34.5 Å². The molecule has 3 atom stereocenters. The van der Waals surface area contributed by atoms with E-state index in [1.165, 1.54) is 6.20 Å². The number of H-pyrrole nitrogens is 1. The second-order valence-corrected chi connectivity index (χ2v) is 6.78. The maximum absolute atomic E-state index is 14.0. The molecule has 1 aliphatic rings. The molecule has 1 fully saturated rings. The van der Waals surface area contributed by atoms with Crippen molar-refractivity contribution in [2.45, 2.75) is 25.6 Å². The summed E-state index contributed by atoms with van der Waals surface area (Å²) in [5.74, 6) is -0.766. The van der Waals surface area contributed by atoms with Crippen molar-refractivity contribution >= 4 is 27.5 Å². The Hall–Kier alpha value is -3.47. The first-order valence-corrected chi connectivity index (χ1v) is 8.95. The minimum atomic E-state index is -1.53. The summed E-state index contributed by atoms with van der Waals surface area (Å²) >= 11 is 0. The maximum Gasteiger partial charge on any atom is 0.255 e. The summed E-state index contributed by atoms with van der Waals surface area (Å²) < 4.78 is 19.8. The fourth-order valence-corrected chi connectivity index (χ4v) is 3.70. The Morgan fingerprint density at radius 1 is 1.29 bits per heavy atom. The zero-order chi connectivity index (χ0) is 19.8. The van der Waals surface area contributed by atoms with Crippen LogP contribution in [0.15, 0.2) is 35.4 Å². The van der Waals surface area contributed by atoms with Crippen LogP contribution in [0.1, 0.15) is 18.9 Å². The molecular formula is C20H17FN4O3. The Bertz CT molecular complexity index is 1180. The molecule has 7 nitrogen and oxygen atoms in total. The molecule has 2 N–H and O–H groups in total. The quantitative estimate of drug-likeness (QED) is 0.675. The zero-order valence-corrected chi connectivity index (χ0v) is 15.0. The van der Waals surface area contributed by atoms with Crippen LogP contribution >= 0.6 is 0 Å². The van der Waals surface area contributed by atoms with E-state index in [9.17, 15) is 19.2 Å². The average Bonchev–Trinajstić information content (AvgIpc) is 2.98. The summed E-state index contributed by atoms with van der Waals surface area (Å²) in [6.45, 7) is 1.91. The van der Waals surface area contributed by atoms with Gasteiger partial charge in [0.05, 0.1) is 11.6 Å². The number of aromatic amines is 1. The van der Waals surface area contributed by atoms with E-state index in [4.69, 9.17) is 4.74 Å². The lowest BCUT2D eigenvalue weighted by molar-refractivity contribution is -0.123. The number of fused-ring (bicyclic) bond motifs is 2. The first-order valence-electron chi connectivity index (χ1n) is 8.95. The zero-order valence-electron chi connectivity index (χ0n) is 15.0. The Labute approximate surface area is 159 Å². The fourth-order valence-electron chi connectivity index (χ4n) is 3.70. The first-order chi connectivity index (χ1) is 13.5. The van der Waals surface area contributed by atoms with E-state index < -0.39 is 24.0 Å². The van der Waals surface area contributed by atoms with Gasteiger partial charge in [0.25, 0.3) is 11.5 Å². The number of hydrogen-bond acceptors (Lipinski definition) is 5. The molecule has 0 spiro atoms. The van der Waals surface area contributed by atoms with Crippen molar-refractivity contribution in [2.75, 3.05) is 6.61 Å². The number of rotatable bonds is 4. The molecule has 1 aliphatic heterocycles. The molecule has 4 rings (SSSR count). The molecule has 3 aromatic rings. The second-order valence-electron chi connectivity index (χ2n) is 6.78. The van der Waals surface area contributed by atoms with Crippen LogP contribution in [0, 0.1) is 17.2 Å². The number of benzene rings is 1. The fraction of sp³-hybridized carbons (Fsp3) is 0.300. The second kappa shape index (κ2) is 6.93. The highest BCUT2D eigenvalue weighted by atomic mass is 19.1. The molecule has 2 aromatic heterocycles.